The first kappa shape index (κ1) is 20.4. The molecule has 1 amide bonds. The van der Waals surface area contributed by atoms with Crippen molar-refractivity contribution in [2.75, 3.05) is 0 Å². The molecule has 2 bridgehead atoms. The lowest BCUT2D eigenvalue weighted by Gasteiger charge is -2.32. The first-order valence-corrected chi connectivity index (χ1v) is 9.69. The Hall–Kier alpha value is -1.88. The third kappa shape index (κ3) is 4.66. The second-order valence-corrected chi connectivity index (χ2v) is 8.88. The van der Waals surface area contributed by atoms with Crippen molar-refractivity contribution in [1.82, 2.24) is 15.5 Å². The number of carbonyl (C=O) groups is 1. The molecule has 0 unspecified atom stereocenters. The fourth-order valence-corrected chi connectivity index (χ4v) is 4.14. The number of alkyl halides is 3. The van der Waals surface area contributed by atoms with Crippen LogP contribution >= 0.6 is 0 Å². The maximum absolute atomic E-state index is 12.2. The molecule has 0 spiro atoms. The molecule has 0 radical (unpaired) electrons. The van der Waals surface area contributed by atoms with E-state index in [0.29, 0.717) is 24.6 Å². The third-order valence-electron chi connectivity index (χ3n) is 5.44. The summed E-state index contributed by atoms with van der Waals surface area (Å²) in [5.74, 6) is 0.474. The van der Waals surface area contributed by atoms with E-state index in [1.165, 1.54) is 0 Å². The van der Waals surface area contributed by atoms with Gasteiger partial charge in [-0.25, -0.2) is 4.79 Å². The number of ether oxygens (including phenoxy) is 3. The Morgan fingerprint density at radius 1 is 1.07 bits per heavy atom. The predicted octanol–water partition coefficient (Wildman–Crippen LogP) is 3.39. The summed E-state index contributed by atoms with van der Waals surface area (Å²) in [7, 11) is 0. The van der Waals surface area contributed by atoms with Crippen LogP contribution in [0.1, 0.15) is 70.1 Å². The minimum absolute atomic E-state index is 0.0831. The van der Waals surface area contributed by atoms with Crippen LogP contribution < -0.4 is 5.32 Å². The number of hydrogen-bond acceptors (Lipinski definition) is 7. The first-order chi connectivity index (χ1) is 13.5. The van der Waals surface area contributed by atoms with Crippen LogP contribution in [-0.4, -0.2) is 52.6 Å². The van der Waals surface area contributed by atoms with E-state index >= 15 is 0 Å². The molecule has 4 rings (SSSR count). The number of fused-ring (bicyclic) bond motifs is 2. The number of amides is 1. The van der Waals surface area contributed by atoms with E-state index in [2.05, 4.69) is 20.3 Å². The van der Waals surface area contributed by atoms with E-state index < -0.39 is 24.2 Å². The van der Waals surface area contributed by atoms with Crippen LogP contribution in [0.5, 0.6) is 0 Å². The maximum atomic E-state index is 12.2. The molecule has 0 aromatic carbocycles. The summed E-state index contributed by atoms with van der Waals surface area (Å²) in [6.45, 7) is 5.39. The molecule has 29 heavy (non-hydrogen) atoms. The molecule has 1 aliphatic carbocycles. The summed E-state index contributed by atoms with van der Waals surface area (Å²) in [5.41, 5.74) is -0.572. The van der Waals surface area contributed by atoms with Gasteiger partial charge in [0, 0.05) is 5.92 Å². The van der Waals surface area contributed by atoms with Gasteiger partial charge in [0.1, 0.15) is 5.60 Å². The average molecular weight is 419 g/mol. The highest BCUT2D eigenvalue weighted by Crippen LogP contribution is 2.46. The number of carbonyl (C=O) groups excluding carboxylic acids is 1. The Labute approximate surface area is 165 Å². The summed E-state index contributed by atoms with van der Waals surface area (Å²) in [6.07, 6.45) is -4.64. The van der Waals surface area contributed by atoms with Crippen LogP contribution in [0.15, 0.2) is 4.42 Å². The standard InChI is InChI=1S/C18H24F3N3O5/c1-17(2,3)29-16(25)22-11-7-12-10(6-13(11)26-12)15-24-23-14(27-15)8-4-9(5-8)28-18(19,20)21/h8-13H,4-7H2,1-3H3,(H,22,25)/t8?,9?,10-,11-,12+,13+/m0/s1. The molecule has 3 heterocycles. The molecule has 11 heteroatoms. The fraction of sp³-hybridized carbons (Fsp3) is 0.833. The predicted molar refractivity (Wildman–Crippen MR) is 91.0 cm³/mol. The Morgan fingerprint density at radius 2 is 1.76 bits per heavy atom. The van der Waals surface area contributed by atoms with E-state index in [1.807, 2.05) is 0 Å². The lowest BCUT2D eigenvalue weighted by Crippen LogP contribution is -2.44. The van der Waals surface area contributed by atoms with E-state index in [-0.39, 0.29) is 42.9 Å². The highest BCUT2D eigenvalue weighted by molar-refractivity contribution is 5.68. The third-order valence-corrected chi connectivity index (χ3v) is 5.44. The van der Waals surface area contributed by atoms with Gasteiger partial charge in [-0.2, -0.15) is 0 Å². The molecule has 162 valence electrons. The zero-order chi connectivity index (χ0) is 21.0. The van der Waals surface area contributed by atoms with Gasteiger partial charge in [0.15, 0.2) is 0 Å². The number of nitrogens with one attached hydrogen (secondary N) is 1. The normalized spacial score (nSPS) is 34.1. The second-order valence-electron chi connectivity index (χ2n) is 8.88. The van der Waals surface area contributed by atoms with Crippen molar-refractivity contribution >= 4 is 6.09 Å². The van der Waals surface area contributed by atoms with E-state index in [4.69, 9.17) is 13.9 Å². The molecular formula is C18H24F3N3O5. The monoisotopic (exact) mass is 419 g/mol. The average Bonchev–Trinajstić information content (AvgIpc) is 3.22. The van der Waals surface area contributed by atoms with E-state index in [9.17, 15) is 18.0 Å². The molecule has 2 saturated heterocycles. The number of rotatable bonds is 4. The quantitative estimate of drug-likeness (QED) is 0.799. The SMILES string of the molecule is CC(C)(C)OC(=O)N[C@H]1C[C@H]2O[C@@H]1C[C@@H]2c1nnc(C2CC(OC(F)(F)F)C2)o1. The summed E-state index contributed by atoms with van der Waals surface area (Å²) in [5, 5.41) is 10.9. The summed E-state index contributed by atoms with van der Waals surface area (Å²) >= 11 is 0. The van der Waals surface area contributed by atoms with Crippen LogP contribution in [0.25, 0.3) is 0 Å². The Morgan fingerprint density at radius 3 is 2.34 bits per heavy atom. The van der Waals surface area contributed by atoms with Crippen LogP contribution in [0.2, 0.25) is 0 Å². The second kappa shape index (κ2) is 7.12. The molecule has 1 saturated carbocycles. The maximum Gasteiger partial charge on any atom is 0.522 e. The van der Waals surface area contributed by atoms with Gasteiger partial charge < -0.3 is 19.2 Å². The molecule has 2 aliphatic heterocycles. The smallest absolute Gasteiger partial charge is 0.444 e. The summed E-state index contributed by atoms with van der Waals surface area (Å²) < 4.78 is 57.6. The highest BCUT2D eigenvalue weighted by atomic mass is 19.4. The molecular weight excluding hydrogens is 395 g/mol. The first-order valence-electron chi connectivity index (χ1n) is 9.69. The van der Waals surface area contributed by atoms with Crippen molar-refractivity contribution in [2.45, 2.75) is 94.6 Å². The van der Waals surface area contributed by atoms with Crippen molar-refractivity contribution in [3.05, 3.63) is 11.8 Å². The van der Waals surface area contributed by atoms with Crippen molar-refractivity contribution in [1.29, 1.82) is 0 Å². The van der Waals surface area contributed by atoms with Crippen LogP contribution in [0, 0.1) is 0 Å². The Bertz CT molecular complexity index is 757. The van der Waals surface area contributed by atoms with Gasteiger partial charge >= 0.3 is 12.5 Å². The van der Waals surface area contributed by atoms with Gasteiger partial charge in [-0.1, -0.05) is 0 Å². The zero-order valence-corrected chi connectivity index (χ0v) is 16.4. The van der Waals surface area contributed by atoms with Crippen molar-refractivity contribution in [3.8, 4) is 0 Å². The van der Waals surface area contributed by atoms with Crippen LogP contribution in [0.3, 0.4) is 0 Å². The molecule has 3 fully saturated rings. The van der Waals surface area contributed by atoms with Gasteiger partial charge in [0.05, 0.1) is 30.3 Å². The highest BCUT2D eigenvalue weighted by Gasteiger charge is 2.51. The molecule has 1 aromatic rings. The van der Waals surface area contributed by atoms with Crippen molar-refractivity contribution in [2.24, 2.45) is 0 Å². The molecule has 3 aliphatic rings. The lowest BCUT2D eigenvalue weighted by atomic mass is 9.82. The molecule has 4 atom stereocenters. The molecule has 1 aromatic heterocycles. The van der Waals surface area contributed by atoms with Crippen LogP contribution in [0.4, 0.5) is 18.0 Å². The number of nitrogens with zero attached hydrogens (tertiary/aromatic N) is 2. The van der Waals surface area contributed by atoms with E-state index in [0.717, 1.165) is 0 Å². The van der Waals surface area contributed by atoms with Gasteiger partial charge in [-0.05, 0) is 46.5 Å². The number of aromatic nitrogens is 2. The lowest BCUT2D eigenvalue weighted by molar-refractivity contribution is -0.352. The van der Waals surface area contributed by atoms with Gasteiger partial charge in [-0.3, -0.25) is 4.74 Å². The number of alkyl carbamates (subject to hydrolysis) is 1. The Kier molecular flexibility index (Phi) is 5.01. The number of halogens is 3. The van der Waals surface area contributed by atoms with Gasteiger partial charge in [0.25, 0.3) is 0 Å². The van der Waals surface area contributed by atoms with Gasteiger partial charge in [-0.15, -0.1) is 23.4 Å². The van der Waals surface area contributed by atoms with Crippen molar-refractivity contribution < 1.29 is 36.6 Å². The summed E-state index contributed by atoms with van der Waals surface area (Å²) in [6, 6.07) is -0.139. The zero-order valence-electron chi connectivity index (χ0n) is 16.4. The molecule has 1 N–H and O–H groups in total. The van der Waals surface area contributed by atoms with Crippen LogP contribution in [-0.2, 0) is 14.2 Å². The largest absolute Gasteiger partial charge is 0.522 e. The van der Waals surface area contributed by atoms with E-state index in [1.54, 1.807) is 20.8 Å². The summed E-state index contributed by atoms with van der Waals surface area (Å²) in [4.78, 5) is 12.0. The molecule has 8 nitrogen and oxygen atoms in total. The minimum Gasteiger partial charge on any atom is -0.444 e. The number of hydrogen-bond donors (Lipinski definition) is 1. The fourth-order valence-electron chi connectivity index (χ4n) is 4.14. The Balaban J connectivity index is 1.28. The minimum atomic E-state index is -4.63. The van der Waals surface area contributed by atoms with Crippen molar-refractivity contribution in [3.63, 3.8) is 0 Å². The topological polar surface area (TPSA) is 95.7 Å². The van der Waals surface area contributed by atoms with Gasteiger partial charge in [0.2, 0.25) is 11.8 Å².